The van der Waals surface area contributed by atoms with Gasteiger partial charge in [-0.1, -0.05) is 181 Å². The van der Waals surface area contributed by atoms with Gasteiger partial charge in [-0.2, -0.15) is 0 Å². The number of hydrogen-bond acceptors (Lipinski definition) is 3. The van der Waals surface area contributed by atoms with E-state index in [9.17, 15) is 5.26 Å². The Hall–Kier alpha value is -4.38. The molecule has 5 heteroatoms. The largest absolute Gasteiger partial charge is 0.493 e. The highest BCUT2D eigenvalue weighted by atomic mass is 28.3. The van der Waals surface area contributed by atoms with Crippen molar-refractivity contribution >= 4 is 32.4 Å². The molecule has 49 heavy (non-hydrogen) atoms. The van der Waals surface area contributed by atoms with Crippen molar-refractivity contribution < 1.29 is 9.47 Å². The molecule has 0 spiro atoms. The number of methoxy groups -OCH3 is 2. The zero-order chi connectivity index (χ0) is 35.6. The highest BCUT2D eigenvalue weighted by Gasteiger charge is 2.56. The molecule has 251 valence electrons. The minimum atomic E-state index is -3.25. The fourth-order valence-corrected chi connectivity index (χ4v) is 15.1. The van der Waals surface area contributed by atoms with Gasteiger partial charge in [0.1, 0.15) is 0 Å². The predicted octanol–water partition coefficient (Wildman–Crippen LogP) is 8.77. The number of hydrogen-bond donors (Lipinski definition) is 0. The van der Waals surface area contributed by atoms with E-state index >= 15 is 0 Å². The molecular weight excluding hydrogens is 631 g/mol. The number of ether oxygens (including phenoxy) is 2. The van der Waals surface area contributed by atoms with Crippen molar-refractivity contribution in [2.24, 2.45) is 0 Å². The summed E-state index contributed by atoms with van der Waals surface area (Å²) in [4.78, 5) is 0. The van der Waals surface area contributed by atoms with E-state index in [-0.39, 0.29) is 10.5 Å². The highest BCUT2D eigenvalue weighted by Crippen LogP contribution is 2.54. The minimum absolute atomic E-state index is 0.339. The molecule has 5 aromatic carbocycles. The van der Waals surface area contributed by atoms with E-state index in [0.29, 0.717) is 11.5 Å². The second-order valence-electron chi connectivity index (χ2n) is 15.1. The Bertz CT molecular complexity index is 1820. The van der Waals surface area contributed by atoms with Gasteiger partial charge in [0.05, 0.1) is 28.4 Å². The monoisotopic (exact) mass is 680 g/mol. The van der Waals surface area contributed by atoms with Gasteiger partial charge in [0, 0.05) is 16.4 Å². The van der Waals surface area contributed by atoms with Crippen molar-refractivity contribution in [1.29, 1.82) is 5.26 Å². The topological polar surface area (TPSA) is 42.2 Å². The van der Waals surface area contributed by atoms with Gasteiger partial charge in [0.15, 0.2) is 11.5 Å². The SMILES string of the molecule is COc1c(OC)c([Si](C#N)(c2ccccc2)C(C)(C)C)c([Si](C)C)c(C(C)(C)C)c1C(c1ccccc1)(c1ccccc1)c1ccccc1. The van der Waals surface area contributed by atoms with Crippen molar-refractivity contribution in [2.75, 3.05) is 14.2 Å². The molecule has 0 bridgehead atoms. The Morgan fingerprint density at radius 3 is 1.27 bits per heavy atom. The van der Waals surface area contributed by atoms with Gasteiger partial charge in [0.2, 0.25) is 8.07 Å². The molecule has 5 aromatic rings. The van der Waals surface area contributed by atoms with Crippen LogP contribution in [0.1, 0.15) is 69.4 Å². The number of nitriles is 1. The summed E-state index contributed by atoms with van der Waals surface area (Å²) in [6, 6.07) is 42.9. The summed E-state index contributed by atoms with van der Waals surface area (Å²) in [6.45, 7) is 18.4. The molecule has 0 fully saturated rings. The van der Waals surface area contributed by atoms with E-state index in [0.717, 1.165) is 32.6 Å². The van der Waals surface area contributed by atoms with Crippen LogP contribution in [-0.4, -0.2) is 31.1 Å². The van der Waals surface area contributed by atoms with Gasteiger partial charge < -0.3 is 9.47 Å². The van der Waals surface area contributed by atoms with Crippen LogP contribution >= 0.6 is 0 Å². The fourth-order valence-electron chi connectivity index (χ4n) is 7.99. The molecule has 0 aliphatic heterocycles. The summed E-state index contributed by atoms with van der Waals surface area (Å²) >= 11 is 0. The maximum Gasteiger partial charge on any atom is 0.243 e. The average Bonchev–Trinajstić information content (AvgIpc) is 3.09. The Labute approximate surface area is 297 Å². The predicted molar refractivity (Wildman–Crippen MR) is 210 cm³/mol. The molecule has 0 amide bonds. The van der Waals surface area contributed by atoms with Crippen LogP contribution in [0.3, 0.4) is 0 Å². The first-order valence-electron chi connectivity index (χ1n) is 17.1. The van der Waals surface area contributed by atoms with Gasteiger partial charge >= 0.3 is 0 Å². The molecule has 0 aliphatic rings. The standard InChI is InChI=1S/C44H50NO2Si2/c1-42(2,3)37-36(44(32-23-15-11-16-24-32,33-25-17-12-18-26-33)34-27-19-13-20-28-34)38(46-7)39(47-8)41(40(37)48(9)10)49(31-45,43(4,5)6)35-29-21-14-22-30-35/h11-30H,1-10H3. The van der Waals surface area contributed by atoms with E-state index in [2.05, 4.69) is 176 Å². The van der Waals surface area contributed by atoms with Crippen LogP contribution in [0.5, 0.6) is 11.5 Å². The third-order valence-corrected chi connectivity index (χ3v) is 16.7. The Kier molecular flexibility index (Phi) is 10.2. The van der Waals surface area contributed by atoms with Gasteiger partial charge in [-0.25, -0.2) is 5.26 Å². The zero-order valence-electron chi connectivity index (χ0n) is 30.8. The Morgan fingerprint density at radius 2 is 0.959 bits per heavy atom. The molecule has 5 rings (SSSR count). The second-order valence-corrected chi connectivity index (χ2v) is 21.9. The van der Waals surface area contributed by atoms with Crippen LogP contribution in [0.25, 0.3) is 0 Å². The first kappa shape index (κ1) is 35.9. The van der Waals surface area contributed by atoms with Crippen LogP contribution in [0.15, 0.2) is 121 Å². The molecule has 0 N–H and O–H groups in total. The summed E-state index contributed by atoms with van der Waals surface area (Å²) in [7, 11) is -0.976. The molecule has 0 saturated carbocycles. The van der Waals surface area contributed by atoms with Crippen molar-refractivity contribution in [2.45, 2.75) is 70.5 Å². The van der Waals surface area contributed by atoms with Gasteiger partial charge in [-0.15, -0.1) is 0 Å². The molecule has 0 aromatic heterocycles. The van der Waals surface area contributed by atoms with Gasteiger partial charge in [-0.3, -0.25) is 0 Å². The van der Waals surface area contributed by atoms with E-state index in [1.54, 1.807) is 14.2 Å². The van der Waals surface area contributed by atoms with Crippen molar-refractivity contribution in [1.82, 2.24) is 0 Å². The van der Waals surface area contributed by atoms with E-state index in [1.807, 2.05) is 6.07 Å². The summed E-state index contributed by atoms with van der Waals surface area (Å²) < 4.78 is 13.4. The second kappa shape index (κ2) is 13.9. The van der Waals surface area contributed by atoms with Crippen LogP contribution < -0.4 is 25.0 Å². The summed E-state index contributed by atoms with van der Waals surface area (Å²) in [5.41, 5.74) is 7.68. The molecular formula is C44H50NO2Si2. The van der Waals surface area contributed by atoms with E-state index < -0.39 is 22.3 Å². The van der Waals surface area contributed by atoms with Gasteiger partial charge in [0.25, 0.3) is 0 Å². The van der Waals surface area contributed by atoms with Crippen LogP contribution in [0, 0.1) is 11.0 Å². The minimum Gasteiger partial charge on any atom is -0.493 e. The molecule has 0 saturated heterocycles. The Morgan fingerprint density at radius 1 is 0.571 bits per heavy atom. The quantitative estimate of drug-likeness (QED) is 0.116. The van der Waals surface area contributed by atoms with Crippen LogP contribution in [0.4, 0.5) is 0 Å². The van der Waals surface area contributed by atoms with Gasteiger partial charge in [-0.05, 0) is 37.9 Å². The van der Waals surface area contributed by atoms with E-state index in [4.69, 9.17) is 9.47 Å². The van der Waals surface area contributed by atoms with Crippen LogP contribution in [0.2, 0.25) is 18.1 Å². The molecule has 3 nitrogen and oxygen atoms in total. The molecule has 1 radical (unpaired) electrons. The maximum atomic E-state index is 11.7. The highest BCUT2D eigenvalue weighted by molar-refractivity contribution is 7.12. The molecule has 0 aliphatic carbocycles. The fraction of sp³-hybridized carbons (Fsp3) is 0.295. The van der Waals surface area contributed by atoms with Crippen LogP contribution in [-0.2, 0) is 10.8 Å². The third-order valence-electron chi connectivity index (χ3n) is 9.94. The maximum absolute atomic E-state index is 11.7. The lowest BCUT2D eigenvalue weighted by molar-refractivity contribution is 0.349. The lowest BCUT2D eigenvalue weighted by Crippen LogP contribution is -2.70. The number of nitrogens with zero attached hydrogens (tertiary/aromatic N) is 1. The first-order chi connectivity index (χ1) is 23.3. The van der Waals surface area contributed by atoms with Crippen molar-refractivity contribution in [3.8, 4) is 17.2 Å². The first-order valence-corrected chi connectivity index (χ1v) is 21.6. The Balaban J connectivity index is 2.22. The zero-order valence-corrected chi connectivity index (χ0v) is 32.8. The summed E-state index contributed by atoms with van der Waals surface area (Å²) in [5.74, 6) is 1.38. The third kappa shape index (κ3) is 5.85. The lowest BCUT2D eigenvalue weighted by atomic mass is 9.61. The van der Waals surface area contributed by atoms with Crippen molar-refractivity contribution in [3.05, 3.63) is 149 Å². The number of benzene rings is 5. The van der Waals surface area contributed by atoms with E-state index in [1.165, 1.54) is 10.8 Å². The number of rotatable bonds is 9. The summed E-state index contributed by atoms with van der Waals surface area (Å²) in [5, 5.41) is 14.7. The normalized spacial score (nSPS) is 13.4. The molecule has 0 heterocycles. The molecule has 1 atom stereocenters. The average molecular weight is 681 g/mol. The van der Waals surface area contributed by atoms with Crippen molar-refractivity contribution in [3.63, 3.8) is 0 Å². The molecule has 1 unspecified atom stereocenters. The smallest absolute Gasteiger partial charge is 0.243 e. The summed E-state index contributed by atoms with van der Waals surface area (Å²) in [6.07, 6.45) is 0. The lowest BCUT2D eigenvalue weighted by Gasteiger charge is -2.46.